The molecule has 10 heteroatoms. The second kappa shape index (κ2) is 5.40. The Morgan fingerprint density at radius 2 is 2.00 bits per heavy atom. The topological polar surface area (TPSA) is 46.3 Å². The molecule has 0 aromatic carbocycles. The zero-order valence-corrected chi connectivity index (χ0v) is 12.7. The van der Waals surface area contributed by atoms with Crippen LogP contribution in [0.5, 0.6) is 0 Å². The van der Waals surface area contributed by atoms with Gasteiger partial charge < -0.3 is 4.90 Å². The maximum atomic E-state index is 12.8. The van der Waals surface area contributed by atoms with E-state index >= 15 is 0 Å². The maximum absolute atomic E-state index is 12.8. The molecule has 0 saturated heterocycles. The minimum atomic E-state index is -4.61. The van der Waals surface area contributed by atoms with Gasteiger partial charge in [0.1, 0.15) is 5.82 Å². The van der Waals surface area contributed by atoms with E-state index < -0.39 is 12.0 Å². The van der Waals surface area contributed by atoms with E-state index in [4.69, 9.17) is 11.6 Å². The van der Waals surface area contributed by atoms with E-state index in [9.17, 15) is 13.2 Å². The van der Waals surface area contributed by atoms with Crippen LogP contribution in [-0.2, 0) is 12.7 Å². The lowest BCUT2D eigenvalue weighted by molar-refractivity contribution is -0.146. The van der Waals surface area contributed by atoms with Gasteiger partial charge in [0.05, 0.1) is 10.9 Å². The highest BCUT2D eigenvalue weighted by atomic mass is 35.5. The van der Waals surface area contributed by atoms with E-state index in [1.165, 1.54) is 17.4 Å². The molecule has 0 aliphatic carbocycles. The Morgan fingerprint density at radius 3 is 2.64 bits per heavy atom. The maximum Gasteiger partial charge on any atom is 0.453 e. The fourth-order valence-electron chi connectivity index (χ4n) is 1.91. The summed E-state index contributed by atoms with van der Waals surface area (Å²) in [5.74, 6) is -0.765. The second-order valence-corrected chi connectivity index (χ2v) is 6.34. The van der Waals surface area contributed by atoms with Crippen molar-refractivity contribution >= 4 is 34.4 Å². The number of nitrogens with zero attached hydrogens (tertiary/aromatic N) is 5. The third-order valence-corrected chi connectivity index (χ3v) is 4.13. The molecule has 0 saturated carbocycles. The van der Waals surface area contributed by atoms with Gasteiger partial charge in [-0.05, 0) is 24.3 Å². The lowest BCUT2D eigenvalue weighted by atomic mass is 10.4. The van der Waals surface area contributed by atoms with Crippen LogP contribution in [0.2, 0.25) is 4.34 Å². The first-order chi connectivity index (χ1) is 10.3. The first-order valence-electron chi connectivity index (χ1n) is 6.09. The minimum absolute atomic E-state index is 0.0450. The number of hydrogen-bond donors (Lipinski definition) is 0. The number of aromatic nitrogens is 4. The van der Waals surface area contributed by atoms with E-state index in [1.807, 2.05) is 6.07 Å². The molecule has 0 aliphatic rings. The normalized spacial score (nSPS) is 12.0. The van der Waals surface area contributed by atoms with Gasteiger partial charge in [-0.25, -0.2) is 0 Å². The van der Waals surface area contributed by atoms with Crippen LogP contribution in [0.3, 0.4) is 0 Å². The highest BCUT2D eigenvalue weighted by Crippen LogP contribution is 2.28. The Hall–Kier alpha value is -1.87. The van der Waals surface area contributed by atoms with Crippen LogP contribution in [0.15, 0.2) is 24.3 Å². The summed E-state index contributed by atoms with van der Waals surface area (Å²) in [5, 5.41) is 10.6. The van der Waals surface area contributed by atoms with Crippen molar-refractivity contribution in [2.24, 2.45) is 0 Å². The summed E-state index contributed by atoms with van der Waals surface area (Å²) < 4.78 is 39.9. The van der Waals surface area contributed by atoms with Crippen molar-refractivity contribution in [1.82, 2.24) is 19.8 Å². The first-order valence-corrected chi connectivity index (χ1v) is 7.29. The molecule has 3 heterocycles. The number of halogens is 4. The van der Waals surface area contributed by atoms with Crippen molar-refractivity contribution in [2.45, 2.75) is 12.7 Å². The van der Waals surface area contributed by atoms with Gasteiger partial charge in [0.2, 0.25) is 0 Å². The van der Waals surface area contributed by atoms with Gasteiger partial charge in [0, 0.05) is 11.9 Å². The van der Waals surface area contributed by atoms with E-state index in [2.05, 4.69) is 15.3 Å². The van der Waals surface area contributed by atoms with Crippen molar-refractivity contribution < 1.29 is 13.2 Å². The van der Waals surface area contributed by atoms with Crippen molar-refractivity contribution in [2.75, 3.05) is 11.9 Å². The van der Waals surface area contributed by atoms with Gasteiger partial charge in [-0.3, -0.25) is 0 Å². The Labute approximate surface area is 131 Å². The van der Waals surface area contributed by atoms with Crippen molar-refractivity contribution in [3.8, 4) is 0 Å². The summed E-state index contributed by atoms with van der Waals surface area (Å²) in [6, 6.07) is 6.68. The number of alkyl halides is 3. The fourth-order valence-corrected chi connectivity index (χ4v) is 3.05. The second-order valence-electron chi connectivity index (χ2n) is 4.54. The fraction of sp³-hybridized carbons (Fsp3) is 0.250. The van der Waals surface area contributed by atoms with E-state index in [-0.39, 0.29) is 5.65 Å². The highest BCUT2D eigenvalue weighted by molar-refractivity contribution is 7.16. The van der Waals surface area contributed by atoms with Crippen molar-refractivity contribution in [3.63, 3.8) is 0 Å². The molecule has 0 amide bonds. The lowest BCUT2D eigenvalue weighted by Gasteiger charge is -2.17. The molecule has 0 bridgehead atoms. The van der Waals surface area contributed by atoms with Crippen LogP contribution in [0, 0.1) is 0 Å². The molecule has 5 nitrogen and oxygen atoms in total. The molecular formula is C12H9ClF3N5S. The summed E-state index contributed by atoms with van der Waals surface area (Å²) >= 11 is 7.27. The van der Waals surface area contributed by atoms with Crippen molar-refractivity contribution in [1.29, 1.82) is 0 Å². The molecule has 3 aromatic heterocycles. The smallest absolute Gasteiger partial charge is 0.353 e. The average molecular weight is 348 g/mol. The molecule has 0 spiro atoms. The van der Waals surface area contributed by atoms with Gasteiger partial charge >= 0.3 is 6.18 Å². The van der Waals surface area contributed by atoms with Gasteiger partial charge in [-0.15, -0.1) is 26.6 Å². The molecule has 0 N–H and O–H groups in total. The summed E-state index contributed by atoms with van der Waals surface area (Å²) in [6.07, 6.45) is -4.61. The minimum Gasteiger partial charge on any atom is -0.353 e. The van der Waals surface area contributed by atoms with Gasteiger partial charge in [0.15, 0.2) is 5.65 Å². The summed E-state index contributed by atoms with van der Waals surface area (Å²) in [4.78, 5) is 2.70. The molecule has 0 fully saturated rings. The van der Waals surface area contributed by atoms with Gasteiger partial charge in [0.25, 0.3) is 5.82 Å². The Bertz CT molecular complexity index is 813. The number of hydrogen-bond acceptors (Lipinski definition) is 5. The molecule has 116 valence electrons. The summed E-state index contributed by atoms with van der Waals surface area (Å²) in [6.45, 7) is 0.485. The molecular weight excluding hydrogens is 339 g/mol. The SMILES string of the molecule is CN(Cc1ccc(Cl)s1)c1ccc2nnc(C(F)(F)F)n2n1. The molecule has 3 aromatic rings. The van der Waals surface area contributed by atoms with Gasteiger partial charge in [-0.2, -0.15) is 17.7 Å². The summed E-state index contributed by atoms with van der Waals surface area (Å²) in [5.41, 5.74) is 0.0450. The largest absolute Gasteiger partial charge is 0.453 e. The van der Waals surface area contributed by atoms with Crippen LogP contribution < -0.4 is 4.90 Å². The molecule has 3 rings (SSSR count). The molecule has 0 unspecified atom stereocenters. The standard InChI is InChI=1S/C12H9ClF3N5S/c1-20(6-7-2-3-8(13)22-7)10-5-4-9-17-18-11(12(14,15)16)21(9)19-10/h2-5H,6H2,1H3. The van der Waals surface area contributed by atoms with Crippen molar-refractivity contribution in [3.05, 3.63) is 39.3 Å². The van der Waals surface area contributed by atoms with Crippen LogP contribution in [0.1, 0.15) is 10.7 Å². The molecule has 0 aliphatic heterocycles. The zero-order chi connectivity index (χ0) is 15.9. The Morgan fingerprint density at radius 1 is 1.23 bits per heavy atom. The predicted molar refractivity (Wildman–Crippen MR) is 77.2 cm³/mol. The lowest BCUT2D eigenvalue weighted by Crippen LogP contribution is -2.19. The zero-order valence-electron chi connectivity index (χ0n) is 11.2. The van der Waals surface area contributed by atoms with E-state index in [1.54, 1.807) is 24.1 Å². The third-order valence-electron chi connectivity index (χ3n) is 2.92. The Balaban J connectivity index is 1.93. The molecule has 0 radical (unpaired) electrons. The third kappa shape index (κ3) is 2.86. The van der Waals surface area contributed by atoms with E-state index in [0.717, 1.165) is 4.88 Å². The summed E-state index contributed by atoms with van der Waals surface area (Å²) in [7, 11) is 1.74. The van der Waals surface area contributed by atoms with Crippen LogP contribution in [0.4, 0.5) is 19.0 Å². The number of anilines is 1. The monoisotopic (exact) mass is 347 g/mol. The van der Waals surface area contributed by atoms with Gasteiger partial charge in [-0.1, -0.05) is 11.6 Å². The van der Waals surface area contributed by atoms with Crippen LogP contribution >= 0.6 is 22.9 Å². The number of thiophene rings is 1. The average Bonchev–Trinajstić information content (AvgIpc) is 3.03. The first kappa shape index (κ1) is 15.0. The predicted octanol–water partition coefficient (Wildman–Crippen LogP) is 3.49. The quantitative estimate of drug-likeness (QED) is 0.727. The van der Waals surface area contributed by atoms with E-state index in [0.29, 0.717) is 21.2 Å². The number of rotatable bonds is 3. The molecule has 0 atom stereocenters. The molecule has 22 heavy (non-hydrogen) atoms. The highest BCUT2D eigenvalue weighted by Gasteiger charge is 2.37. The van der Waals surface area contributed by atoms with Crippen LogP contribution in [0.25, 0.3) is 5.65 Å². The van der Waals surface area contributed by atoms with Crippen LogP contribution in [-0.4, -0.2) is 26.9 Å². The number of fused-ring (bicyclic) bond motifs is 1. The Kier molecular flexibility index (Phi) is 3.69.